The third-order valence-electron chi connectivity index (χ3n) is 2.38. The smallest absolute Gasteiger partial charge is 0.363 e. The zero-order valence-electron chi connectivity index (χ0n) is 10.9. The maximum absolute atomic E-state index is 12.5. The van der Waals surface area contributed by atoms with Crippen LogP contribution in [0.4, 0.5) is 5.69 Å². The summed E-state index contributed by atoms with van der Waals surface area (Å²) in [4.78, 5) is 10.1. The van der Waals surface area contributed by atoms with Gasteiger partial charge in [-0.3, -0.25) is 14.7 Å². The lowest BCUT2D eigenvalue weighted by atomic mass is 10.2. The molecule has 0 spiro atoms. The predicted octanol–water partition coefficient (Wildman–Crippen LogP) is 3.29. The first-order valence-corrected chi connectivity index (χ1v) is 8.56. The van der Waals surface area contributed by atoms with E-state index >= 15 is 0 Å². The van der Waals surface area contributed by atoms with Crippen LogP contribution in [0.3, 0.4) is 0 Å². The van der Waals surface area contributed by atoms with Crippen molar-refractivity contribution in [1.29, 1.82) is 0 Å². The Morgan fingerprint density at radius 2 is 1.86 bits per heavy atom. The molecular formula is C11H14Cl2NO6P. The molecule has 1 N–H and O–H groups in total. The van der Waals surface area contributed by atoms with Crippen molar-refractivity contribution in [3.63, 3.8) is 0 Å². The second-order valence-corrected chi connectivity index (χ2v) is 6.65. The van der Waals surface area contributed by atoms with E-state index in [9.17, 15) is 19.8 Å². The van der Waals surface area contributed by atoms with E-state index in [0.29, 0.717) is 0 Å². The van der Waals surface area contributed by atoms with E-state index in [4.69, 9.17) is 32.2 Å². The predicted molar refractivity (Wildman–Crippen MR) is 79.0 cm³/mol. The van der Waals surface area contributed by atoms with E-state index in [1.54, 1.807) is 0 Å². The molecule has 0 aliphatic carbocycles. The fourth-order valence-electron chi connectivity index (χ4n) is 1.48. The second kappa shape index (κ2) is 8.68. The van der Waals surface area contributed by atoms with Crippen molar-refractivity contribution in [3.05, 3.63) is 39.9 Å². The Hall–Kier alpha value is -0.690. The average Bonchev–Trinajstić information content (AvgIpc) is 2.50. The quantitative estimate of drug-likeness (QED) is 0.315. The molecule has 0 saturated heterocycles. The van der Waals surface area contributed by atoms with Crippen LogP contribution in [-0.2, 0) is 13.6 Å². The average molecular weight is 358 g/mol. The molecule has 0 aliphatic heterocycles. The number of nitro benzene ring substituents is 1. The molecule has 0 saturated carbocycles. The highest BCUT2D eigenvalue weighted by Gasteiger charge is 2.36. The van der Waals surface area contributed by atoms with Crippen molar-refractivity contribution in [3.8, 4) is 0 Å². The molecule has 1 atom stereocenters. The SMILES string of the molecule is O=[N+]([O-])c1cccc([C@H](O)P(=O)(OCCCl)OCCCl)c1. The van der Waals surface area contributed by atoms with Gasteiger partial charge in [0, 0.05) is 23.9 Å². The first-order valence-electron chi connectivity index (χ1n) is 5.87. The molecule has 0 bridgehead atoms. The van der Waals surface area contributed by atoms with E-state index in [2.05, 4.69) is 0 Å². The zero-order valence-corrected chi connectivity index (χ0v) is 13.3. The van der Waals surface area contributed by atoms with Gasteiger partial charge in [-0.05, 0) is 5.56 Å². The third-order valence-corrected chi connectivity index (χ3v) is 4.67. The first kappa shape index (κ1) is 18.4. The van der Waals surface area contributed by atoms with E-state index in [1.807, 2.05) is 0 Å². The normalized spacial score (nSPS) is 13.1. The molecule has 7 nitrogen and oxygen atoms in total. The number of alkyl halides is 2. The molecule has 1 aromatic carbocycles. The molecule has 0 fully saturated rings. The fraction of sp³-hybridized carbons (Fsp3) is 0.455. The summed E-state index contributed by atoms with van der Waals surface area (Å²) in [5, 5.41) is 20.9. The van der Waals surface area contributed by atoms with Crippen molar-refractivity contribution in [1.82, 2.24) is 0 Å². The molecule has 1 aromatic rings. The van der Waals surface area contributed by atoms with Crippen LogP contribution in [0.1, 0.15) is 11.4 Å². The van der Waals surface area contributed by atoms with Gasteiger partial charge in [-0.1, -0.05) is 12.1 Å². The Labute approximate surface area is 131 Å². The molecule has 0 aromatic heterocycles. The number of hydrogen-bond acceptors (Lipinski definition) is 6. The van der Waals surface area contributed by atoms with E-state index in [-0.39, 0.29) is 36.2 Å². The number of benzene rings is 1. The number of halogens is 2. The van der Waals surface area contributed by atoms with Crippen LogP contribution >= 0.6 is 30.8 Å². The molecule has 1 rings (SSSR count). The highest BCUT2D eigenvalue weighted by Crippen LogP contribution is 2.59. The largest absolute Gasteiger partial charge is 0.376 e. The Kier molecular flexibility index (Phi) is 7.59. The molecule has 118 valence electrons. The summed E-state index contributed by atoms with van der Waals surface area (Å²) < 4.78 is 22.6. The summed E-state index contributed by atoms with van der Waals surface area (Å²) in [6, 6.07) is 5.11. The van der Waals surface area contributed by atoms with E-state index in [0.717, 1.165) is 6.07 Å². The Morgan fingerprint density at radius 1 is 1.29 bits per heavy atom. The number of hydrogen-bond donors (Lipinski definition) is 1. The molecular weight excluding hydrogens is 344 g/mol. The van der Waals surface area contributed by atoms with Crippen LogP contribution in [-0.4, -0.2) is 35.0 Å². The van der Waals surface area contributed by atoms with Gasteiger partial charge >= 0.3 is 7.60 Å². The van der Waals surface area contributed by atoms with Gasteiger partial charge in [0.15, 0.2) is 5.85 Å². The molecule has 0 unspecified atom stereocenters. The van der Waals surface area contributed by atoms with Gasteiger partial charge < -0.3 is 14.2 Å². The second-order valence-electron chi connectivity index (χ2n) is 3.81. The van der Waals surface area contributed by atoms with Gasteiger partial charge in [0.25, 0.3) is 5.69 Å². The van der Waals surface area contributed by atoms with Crippen LogP contribution < -0.4 is 0 Å². The van der Waals surface area contributed by atoms with Gasteiger partial charge in [-0.25, -0.2) is 0 Å². The topological polar surface area (TPSA) is 98.9 Å². The molecule has 0 aliphatic rings. The standard InChI is InChI=1S/C11H14Cl2NO6P/c12-4-6-19-21(18,20-7-5-13)11(15)9-2-1-3-10(8-9)14(16)17/h1-3,8,11,15H,4-7H2/t11-/m1/s1. The summed E-state index contributed by atoms with van der Waals surface area (Å²) >= 11 is 10.9. The van der Waals surface area contributed by atoms with E-state index in [1.165, 1.54) is 18.2 Å². The minimum absolute atomic E-state index is 0.0515. The third kappa shape index (κ3) is 5.21. The Balaban J connectivity index is 3.03. The molecule has 10 heteroatoms. The number of aliphatic hydroxyl groups excluding tert-OH is 1. The van der Waals surface area contributed by atoms with Gasteiger partial charge in [-0.2, -0.15) is 0 Å². The van der Waals surface area contributed by atoms with Crippen LogP contribution in [0.2, 0.25) is 0 Å². The summed E-state index contributed by atoms with van der Waals surface area (Å²) in [5.41, 5.74) is -0.190. The van der Waals surface area contributed by atoms with Gasteiger partial charge in [0.1, 0.15) is 0 Å². The zero-order chi connectivity index (χ0) is 15.9. The van der Waals surface area contributed by atoms with Crippen LogP contribution in [0.15, 0.2) is 24.3 Å². The molecule has 0 heterocycles. The number of nitrogens with zero attached hydrogens (tertiary/aromatic N) is 1. The van der Waals surface area contributed by atoms with Crippen molar-refractivity contribution in [2.24, 2.45) is 0 Å². The van der Waals surface area contributed by atoms with Crippen molar-refractivity contribution >= 4 is 36.5 Å². The minimum Gasteiger partial charge on any atom is -0.376 e. The fourth-order valence-corrected chi connectivity index (χ4v) is 3.43. The highest BCUT2D eigenvalue weighted by molar-refractivity contribution is 7.54. The summed E-state index contributed by atoms with van der Waals surface area (Å²) in [5.74, 6) is -1.56. The highest BCUT2D eigenvalue weighted by atomic mass is 35.5. The lowest BCUT2D eigenvalue weighted by molar-refractivity contribution is -0.385. The van der Waals surface area contributed by atoms with Crippen LogP contribution in [0, 0.1) is 10.1 Å². The van der Waals surface area contributed by atoms with Crippen molar-refractivity contribution in [2.75, 3.05) is 25.0 Å². The first-order chi connectivity index (χ1) is 9.94. The van der Waals surface area contributed by atoms with Crippen molar-refractivity contribution in [2.45, 2.75) is 5.85 Å². The van der Waals surface area contributed by atoms with Gasteiger partial charge in [-0.15, -0.1) is 23.2 Å². The molecule has 21 heavy (non-hydrogen) atoms. The summed E-state index contributed by atoms with van der Waals surface area (Å²) in [6.07, 6.45) is 0. The number of aliphatic hydroxyl groups is 1. The lowest BCUT2D eigenvalue weighted by Crippen LogP contribution is -2.09. The van der Waals surface area contributed by atoms with Gasteiger partial charge in [0.2, 0.25) is 0 Å². The number of non-ortho nitro benzene ring substituents is 1. The molecule has 0 radical (unpaired) electrons. The lowest BCUT2D eigenvalue weighted by Gasteiger charge is -2.22. The van der Waals surface area contributed by atoms with E-state index < -0.39 is 18.4 Å². The summed E-state index contributed by atoms with van der Waals surface area (Å²) in [6.45, 7) is -0.208. The Bertz CT molecular complexity index is 517. The Morgan fingerprint density at radius 3 is 2.33 bits per heavy atom. The maximum atomic E-state index is 12.5. The van der Waals surface area contributed by atoms with Crippen LogP contribution in [0.25, 0.3) is 0 Å². The number of nitro groups is 1. The minimum atomic E-state index is -3.95. The number of rotatable bonds is 9. The maximum Gasteiger partial charge on any atom is 0.363 e. The summed E-state index contributed by atoms with van der Waals surface area (Å²) in [7, 11) is -3.95. The van der Waals surface area contributed by atoms with Crippen LogP contribution in [0.5, 0.6) is 0 Å². The van der Waals surface area contributed by atoms with Crippen molar-refractivity contribution < 1.29 is 23.6 Å². The molecule has 0 amide bonds. The monoisotopic (exact) mass is 357 g/mol. The van der Waals surface area contributed by atoms with Gasteiger partial charge in [0.05, 0.1) is 18.1 Å².